The van der Waals surface area contributed by atoms with Gasteiger partial charge in [0, 0.05) is 6.07 Å². The SMILES string of the molecule is O=[N+]([O-])c1cccc2ccc(CS(=O)(=O)O)cc12. The highest BCUT2D eigenvalue weighted by atomic mass is 32.2. The van der Waals surface area contributed by atoms with Gasteiger partial charge in [-0.15, -0.1) is 0 Å². The van der Waals surface area contributed by atoms with E-state index < -0.39 is 20.8 Å². The first-order valence-electron chi connectivity index (χ1n) is 4.98. The van der Waals surface area contributed by atoms with Crippen LogP contribution in [0.25, 0.3) is 10.8 Å². The molecule has 0 saturated carbocycles. The number of nitro groups is 1. The van der Waals surface area contributed by atoms with Crippen LogP contribution in [0.5, 0.6) is 0 Å². The molecule has 18 heavy (non-hydrogen) atoms. The molecule has 0 radical (unpaired) electrons. The number of rotatable bonds is 3. The minimum Gasteiger partial charge on any atom is -0.285 e. The molecule has 0 aliphatic carbocycles. The van der Waals surface area contributed by atoms with Crippen molar-refractivity contribution >= 4 is 26.6 Å². The summed E-state index contributed by atoms with van der Waals surface area (Å²) in [5.41, 5.74) is 0.212. The van der Waals surface area contributed by atoms with Crippen LogP contribution in [-0.2, 0) is 15.9 Å². The Labute approximate surface area is 103 Å². The molecule has 0 fully saturated rings. The van der Waals surface area contributed by atoms with Crippen LogP contribution >= 0.6 is 0 Å². The van der Waals surface area contributed by atoms with E-state index in [-0.39, 0.29) is 5.69 Å². The molecule has 0 bridgehead atoms. The fraction of sp³-hybridized carbons (Fsp3) is 0.0909. The van der Waals surface area contributed by atoms with Crippen molar-refractivity contribution in [1.82, 2.24) is 0 Å². The summed E-state index contributed by atoms with van der Waals surface area (Å²) in [6, 6.07) is 9.10. The number of fused-ring (bicyclic) bond motifs is 1. The molecular formula is C11H9NO5S. The average molecular weight is 267 g/mol. The summed E-state index contributed by atoms with van der Waals surface area (Å²) in [6.45, 7) is 0. The van der Waals surface area contributed by atoms with Crippen LogP contribution in [0.4, 0.5) is 5.69 Å². The van der Waals surface area contributed by atoms with Crippen molar-refractivity contribution in [1.29, 1.82) is 0 Å². The highest BCUT2D eigenvalue weighted by molar-refractivity contribution is 7.85. The average Bonchev–Trinajstić information content (AvgIpc) is 2.25. The number of nitro benzene ring substituents is 1. The lowest BCUT2D eigenvalue weighted by Gasteiger charge is -2.03. The highest BCUT2D eigenvalue weighted by Gasteiger charge is 2.13. The highest BCUT2D eigenvalue weighted by Crippen LogP contribution is 2.26. The van der Waals surface area contributed by atoms with Gasteiger partial charge in [-0.2, -0.15) is 8.42 Å². The number of nitrogens with zero attached hydrogens (tertiary/aromatic N) is 1. The second-order valence-corrected chi connectivity index (χ2v) is 5.27. The Balaban J connectivity index is 2.62. The molecule has 0 atom stereocenters. The van der Waals surface area contributed by atoms with E-state index >= 15 is 0 Å². The molecule has 0 spiro atoms. The Kier molecular flexibility index (Phi) is 3.02. The molecule has 0 aromatic heterocycles. The molecule has 0 amide bonds. The molecule has 94 valence electrons. The van der Waals surface area contributed by atoms with Gasteiger partial charge in [-0.3, -0.25) is 14.7 Å². The van der Waals surface area contributed by atoms with E-state index in [9.17, 15) is 18.5 Å². The summed E-state index contributed by atoms with van der Waals surface area (Å²) in [5.74, 6) is -0.561. The molecule has 0 heterocycles. The zero-order valence-electron chi connectivity index (χ0n) is 9.11. The van der Waals surface area contributed by atoms with Gasteiger partial charge in [0.1, 0.15) is 5.75 Å². The van der Waals surface area contributed by atoms with E-state index in [1.165, 1.54) is 18.2 Å². The van der Waals surface area contributed by atoms with Crippen LogP contribution in [0.15, 0.2) is 36.4 Å². The standard InChI is InChI=1S/C11H9NO5S/c13-12(14)11-3-1-2-9-5-4-8(6-10(9)11)7-18(15,16)17/h1-6H,7H2,(H,15,16,17). The van der Waals surface area contributed by atoms with Crippen molar-refractivity contribution in [3.8, 4) is 0 Å². The molecule has 6 nitrogen and oxygen atoms in total. The largest absolute Gasteiger partial charge is 0.285 e. The van der Waals surface area contributed by atoms with Crippen LogP contribution in [0.2, 0.25) is 0 Å². The minimum atomic E-state index is -4.15. The molecule has 0 aliphatic rings. The van der Waals surface area contributed by atoms with Gasteiger partial charge in [0.2, 0.25) is 0 Å². The summed E-state index contributed by atoms with van der Waals surface area (Å²) < 4.78 is 30.3. The monoisotopic (exact) mass is 267 g/mol. The molecule has 1 N–H and O–H groups in total. The maximum atomic E-state index is 10.8. The zero-order valence-corrected chi connectivity index (χ0v) is 9.92. The number of hydrogen-bond acceptors (Lipinski definition) is 4. The summed E-state index contributed by atoms with van der Waals surface area (Å²) in [6.07, 6.45) is 0. The lowest BCUT2D eigenvalue weighted by atomic mass is 10.1. The fourth-order valence-corrected chi connectivity index (χ4v) is 2.36. The third-order valence-electron chi connectivity index (χ3n) is 2.47. The van der Waals surface area contributed by atoms with Gasteiger partial charge in [0.05, 0.1) is 10.3 Å². The molecule has 7 heteroatoms. The normalized spacial score (nSPS) is 11.6. The van der Waals surface area contributed by atoms with Crippen molar-refractivity contribution in [2.75, 3.05) is 0 Å². The predicted molar refractivity (Wildman–Crippen MR) is 65.9 cm³/mol. The summed E-state index contributed by atoms with van der Waals surface area (Å²) >= 11 is 0. The van der Waals surface area contributed by atoms with Gasteiger partial charge in [-0.25, -0.2) is 0 Å². The maximum Gasteiger partial charge on any atom is 0.277 e. The van der Waals surface area contributed by atoms with Gasteiger partial charge in [0.15, 0.2) is 0 Å². The second kappa shape index (κ2) is 4.35. The number of benzene rings is 2. The number of non-ortho nitro benzene ring substituents is 1. The van der Waals surface area contributed by atoms with Crippen molar-refractivity contribution in [2.45, 2.75) is 5.75 Å². The Bertz CT molecular complexity index is 723. The second-order valence-electron chi connectivity index (χ2n) is 3.82. The fourth-order valence-electron chi connectivity index (χ4n) is 1.76. The van der Waals surface area contributed by atoms with Crippen LogP contribution in [0.3, 0.4) is 0 Å². The van der Waals surface area contributed by atoms with Crippen molar-refractivity contribution in [2.24, 2.45) is 0 Å². The Morgan fingerprint density at radius 1 is 1.22 bits per heavy atom. The van der Waals surface area contributed by atoms with Gasteiger partial charge in [-0.05, 0) is 17.0 Å². The van der Waals surface area contributed by atoms with Gasteiger partial charge < -0.3 is 0 Å². The van der Waals surface area contributed by atoms with Crippen molar-refractivity contribution < 1.29 is 17.9 Å². The van der Waals surface area contributed by atoms with E-state index in [4.69, 9.17) is 4.55 Å². The number of hydrogen-bond donors (Lipinski definition) is 1. The first-order chi connectivity index (χ1) is 8.37. The smallest absolute Gasteiger partial charge is 0.277 e. The lowest BCUT2D eigenvalue weighted by Crippen LogP contribution is -2.01. The minimum absolute atomic E-state index is 0.0929. The van der Waals surface area contributed by atoms with Crippen LogP contribution in [-0.4, -0.2) is 17.9 Å². The molecule has 0 aliphatic heterocycles. The molecule has 2 aromatic rings. The predicted octanol–water partition coefficient (Wildman–Crippen LogP) is 2.14. The van der Waals surface area contributed by atoms with Crippen LogP contribution in [0.1, 0.15) is 5.56 Å². The zero-order chi connectivity index (χ0) is 13.3. The Morgan fingerprint density at radius 3 is 2.56 bits per heavy atom. The first kappa shape index (κ1) is 12.5. The first-order valence-corrected chi connectivity index (χ1v) is 6.59. The Morgan fingerprint density at radius 2 is 1.94 bits per heavy atom. The lowest BCUT2D eigenvalue weighted by molar-refractivity contribution is -0.383. The van der Waals surface area contributed by atoms with Crippen LogP contribution in [0, 0.1) is 10.1 Å². The summed E-state index contributed by atoms with van der Waals surface area (Å²) in [4.78, 5) is 10.3. The van der Waals surface area contributed by atoms with Crippen molar-refractivity contribution in [3.05, 3.63) is 52.1 Å². The van der Waals surface area contributed by atoms with E-state index in [1.54, 1.807) is 18.2 Å². The molecular weight excluding hydrogens is 258 g/mol. The van der Waals surface area contributed by atoms with Gasteiger partial charge in [-0.1, -0.05) is 24.3 Å². The maximum absolute atomic E-state index is 10.8. The molecule has 2 rings (SSSR count). The van der Waals surface area contributed by atoms with E-state index in [2.05, 4.69) is 0 Å². The van der Waals surface area contributed by atoms with E-state index in [0.29, 0.717) is 16.3 Å². The third kappa shape index (κ3) is 2.63. The summed E-state index contributed by atoms with van der Waals surface area (Å²) in [5, 5.41) is 11.8. The molecule has 0 saturated heterocycles. The quantitative estimate of drug-likeness (QED) is 0.522. The van der Waals surface area contributed by atoms with E-state index in [0.717, 1.165) is 0 Å². The van der Waals surface area contributed by atoms with E-state index in [1.807, 2.05) is 0 Å². The van der Waals surface area contributed by atoms with Gasteiger partial charge in [0.25, 0.3) is 15.8 Å². The van der Waals surface area contributed by atoms with Gasteiger partial charge >= 0.3 is 0 Å². The molecule has 2 aromatic carbocycles. The third-order valence-corrected chi connectivity index (χ3v) is 3.17. The topological polar surface area (TPSA) is 97.5 Å². The summed E-state index contributed by atoms with van der Waals surface area (Å²) in [7, 11) is -4.15. The Hall–Kier alpha value is -1.99. The van der Waals surface area contributed by atoms with Crippen LogP contribution < -0.4 is 0 Å². The van der Waals surface area contributed by atoms with Crippen molar-refractivity contribution in [3.63, 3.8) is 0 Å². The molecule has 0 unspecified atom stereocenters.